The standard InChI is InChI=1S/C26H44O3/c1-18(7-5-13-25(2,3)29)23-11-12-24-20(8-6-14-26(23,24)4)10-9-19-15-21(27)17-22(28)16-19/h9-10,18,21-24,27-29H,5-8,11-17H2,1-4H3/b20-10-/t18-,21+,22+,23+,24-,26+/m0/s1. The fourth-order valence-electron chi connectivity index (χ4n) is 6.80. The number of hydrogen-bond acceptors (Lipinski definition) is 3. The fourth-order valence-corrected chi connectivity index (χ4v) is 6.80. The molecule has 0 aromatic heterocycles. The Bertz CT molecular complexity index is 602. The summed E-state index contributed by atoms with van der Waals surface area (Å²) in [5.74, 6) is 2.19. The first kappa shape index (κ1) is 23.0. The molecule has 166 valence electrons. The molecule has 3 fully saturated rings. The van der Waals surface area contributed by atoms with Gasteiger partial charge < -0.3 is 15.3 Å². The number of rotatable bonds is 6. The van der Waals surface area contributed by atoms with Gasteiger partial charge >= 0.3 is 0 Å². The predicted octanol–water partition coefficient (Wildman–Crippen LogP) is 5.54. The van der Waals surface area contributed by atoms with E-state index in [1.165, 1.54) is 44.1 Å². The molecule has 3 aliphatic rings. The topological polar surface area (TPSA) is 60.7 Å². The maximum atomic E-state index is 10.0. The van der Waals surface area contributed by atoms with E-state index in [4.69, 9.17) is 0 Å². The predicted molar refractivity (Wildman–Crippen MR) is 120 cm³/mol. The van der Waals surface area contributed by atoms with Crippen LogP contribution in [0.25, 0.3) is 0 Å². The summed E-state index contributed by atoms with van der Waals surface area (Å²) in [7, 11) is 0. The molecule has 29 heavy (non-hydrogen) atoms. The number of aliphatic hydroxyl groups is 3. The van der Waals surface area contributed by atoms with Gasteiger partial charge in [0.2, 0.25) is 0 Å². The van der Waals surface area contributed by atoms with E-state index in [1.54, 1.807) is 5.57 Å². The average molecular weight is 405 g/mol. The molecule has 3 heteroatoms. The van der Waals surface area contributed by atoms with Crippen LogP contribution in [0.5, 0.6) is 0 Å². The number of aliphatic hydroxyl groups excluding tert-OH is 2. The van der Waals surface area contributed by atoms with Crippen LogP contribution < -0.4 is 0 Å². The van der Waals surface area contributed by atoms with Crippen LogP contribution in [-0.2, 0) is 0 Å². The van der Waals surface area contributed by atoms with Crippen molar-refractivity contribution in [2.75, 3.05) is 0 Å². The maximum Gasteiger partial charge on any atom is 0.0602 e. The molecule has 0 aromatic carbocycles. The normalized spacial score (nSPS) is 38.2. The lowest BCUT2D eigenvalue weighted by molar-refractivity contribution is 0.0591. The second kappa shape index (κ2) is 9.24. The Labute approximate surface area is 178 Å². The first-order chi connectivity index (χ1) is 13.6. The molecule has 0 spiro atoms. The molecule has 3 rings (SSSR count). The minimum Gasteiger partial charge on any atom is -0.393 e. The van der Waals surface area contributed by atoms with Crippen LogP contribution in [0.2, 0.25) is 0 Å². The third kappa shape index (κ3) is 5.74. The Morgan fingerprint density at radius 2 is 1.83 bits per heavy atom. The Morgan fingerprint density at radius 3 is 2.48 bits per heavy atom. The summed E-state index contributed by atoms with van der Waals surface area (Å²) in [6.07, 6.45) is 15.4. The fraction of sp³-hybridized carbons (Fsp3) is 0.846. The van der Waals surface area contributed by atoms with Crippen LogP contribution in [0.4, 0.5) is 0 Å². The van der Waals surface area contributed by atoms with Gasteiger partial charge in [0.1, 0.15) is 0 Å². The maximum absolute atomic E-state index is 10.0. The first-order valence-electron chi connectivity index (χ1n) is 12.1. The molecule has 0 heterocycles. The van der Waals surface area contributed by atoms with E-state index in [0.29, 0.717) is 36.5 Å². The van der Waals surface area contributed by atoms with Crippen LogP contribution in [0.3, 0.4) is 0 Å². The second-order valence-corrected chi connectivity index (χ2v) is 11.3. The molecule has 6 atom stereocenters. The molecule has 3 nitrogen and oxygen atoms in total. The quantitative estimate of drug-likeness (QED) is 0.545. The zero-order valence-corrected chi connectivity index (χ0v) is 19.2. The minimum absolute atomic E-state index is 0.388. The Morgan fingerprint density at radius 1 is 1.14 bits per heavy atom. The van der Waals surface area contributed by atoms with E-state index in [-0.39, 0.29) is 12.2 Å². The highest BCUT2D eigenvalue weighted by atomic mass is 16.3. The van der Waals surface area contributed by atoms with Crippen molar-refractivity contribution in [2.45, 2.75) is 116 Å². The van der Waals surface area contributed by atoms with Gasteiger partial charge in [0.05, 0.1) is 17.8 Å². The van der Waals surface area contributed by atoms with E-state index < -0.39 is 5.60 Å². The zero-order chi connectivity index (χ0) is 21.2. The lowest BCUT2D eigenvalue weighted by Gasteiger charge is -2.44. The molecule has 3 aliphatic carbocycles. The molecule has 0 aromatic rings. The summed E-state index contributed by atoms with van der Waals surface area (Å²) in [5.41, 5.74) is 2.66. The summed E-state index contributed by atoms with van der Waals surface area (Å²) in [5, 5.41) is 29.9. The van der Waals surface area contributed by atoms with Crippen molar-refractivity contribution in [3.8, 4) is 0 Å². The molecule has 0 bridgehead atoms. The van der Waals surface area contributed by atoms with Gasteiger partial charge in [-0.2, -0.15) is 0 Å². The van der Waals surface area contributed by atoms with E-state index in [2.05, 4.69) is 26.0 Å². The summed E-state index contributed by atoms with van der Waals surface area (Å²) in [4.78, 5) is 0. The SMILES string of the molecule is C[C@@H](CCCC(C)(C)O)[C@H]1CC[C@H]2/C(=C\C=C3C[C@@H](O)C[C@H](O)C3)CCC[C@]12C. The molecule has 0 saturated heterocycles. The molecule has 3 saturated carbocycles. The highest BCUT2D eigenvalue weighted by Crippen LogP contribution is 2.59. The monoisotopic (exact) mass is 404 g/mol. The van der Waals surface area contributed by atoms with Gasteiger partial charge in [-0.05, 0) is 94.8 Å². The Kier molecular flexibility index (Phi) is 7.34. The van der Waals surface area contributed by atoms with Gasteiger partial charge in [-0.1, -0.05) is 50.0 Å². The molecular formula is C26H44O3. The van der Waals surface area contributed by atoms with E-state index in [9.17, 15) is 15.3 Å². The Hall–Kier alpha value is -0.640. The molecule has 0 radical (unpaired) electrons. The van der Waals surface area contributed by atoms with E-state index >= 15 is 0 Å². The molecule has 0 aliphatic heterocycles. The van der Waals surface area contributed by atoms with Crippen molar-refractivity contribution in [3.63, 3.8) is 0 Å². The van der Waals surface area contributed by atoms with E-state index in [1.807, 2.05) is 13.8 Å². The third-order valence-corrected chi connectivity index (χ3v) is 8.25. The first-order valence-corrected chi connectivity index (χ1v) is 12.1. The summed E-state index contributed by atoms with van der Waals surface area (Å²) in [6, 6.07) is 0. The summed E-state index contributed by atoms with van der Waals surface area (Å²) >= 11 is 0. The van der Waals surface area contributed by atoms with E-state index in [0.717, 1.165) is 18.8 Å². The Balaban J connectivity index is 1.66. The van der Waals surface area contributed by atoms with Crippen molar-refractivity contribution in [1.82, 2.24) is 0 Å². The number of allylic oxidation sites excluding steroid dienone is 3. The van der Waals surface area contributed by atoms with Crippen LogP contribution in [0, 0.1) is 23.2 Å². The third-order valence-electron chi connectivity index (χ3n) is 8.25. The van der Waals surface area contributed by atoms with Crippen molar-refractivity contribution in [3.05, 3.63) is 23.3 Å². The lowest BCUT2D eigenvalue weighted by atomic mass is 9.60. The van der Waals surface area contributed by atoms with Crippen LogP contribution in [-0.4, -0.2) is 33.1 Å². The molecule has 0 amide bonds. The van der Waals surface area contributed by atoms with Crippen LogP contribution in [0.15, 0.2) is 23.3 Å². The number of fused-ring (bicyclic) bond motifs is 1. The van der Waals surface area contributed by atoms with Gasteiger partial charge in [-0.3, -0.25) is 0 Å². The summed E-state index contributed by atoms with van der Waals surface area (Å²) < 4.78 is 0. The zero-order valence-electron chi connectivity index (χ0n) is 19.2. The van der Waals surface area contributed by atoms with Gasteiger partial charge in [-0.15, -0.1) is 0 Å². The van der Waals surface area contributed by atoms with Gasteiger partial charge in [0.25, 0.3) is 0 Å². The number of hydrogen-bond donors (Lipinski definition) is 3. The average Bonchev–Trinajstić information content (AvgIpc) is 2.95. The van der Waals surface area contributed by atoms with Gasteiger partial charge in [0.15, 0.2) is 0 Å². The van der Waals surface area contributed by atoms with Crippen molar-refractivity contribution < 1.29 is 15.3 Å². The lowest BCUT2D eigenvalue weighted by Crippen LogP contribution is -2.36. The smallest absolute Gasteiger partial charge is 0.0602 e. The van der Waals surface area contributed by atoms with Gasteiger partial charge in [0, 0.05) is 0 Å². The summed E-state index contributed by atoms with van der Waals surface area (Å²) in [6.45, 7) is 8.81. The van der Waals surface area contributed by atoms with Crippen molar-refractivity contribution in [1.29, 1.82) is 0 Å². The minimum atomic E-state index is -0.545. The van der Waals surface area contributed by atoms with Gasteiger partial charge in [-0.25, -0.2) is 0 Å². The van der Waals surface area contributed by atoms with Crippen molar-refractivity contribution >= 4 is 0 Å². The van der Waals surface area contributed by atoms with Crippen LogP contribution in [0.1, 0.15) is 98.3 Å². The molecule has 0 unspecified atom stereocenters. The second-order valence-electron chi connectivity index (χ2n) is 11.3. The molecular weight excluding hydrogens is 360 g/mol. The largest absolute Gasteiger partial charge is 0.393 e. The van der Waals surface area contributed by atoms with Crippen LogP contribution >= 0.6 is 0 Å². The highest BCUT2D eigenvalue weighted by molar-refractivity contribution is 5.26. The highest BCUT2D eigenvalue weighted by Gasteiger charge is 2.50. The molecule has 3 N–H and O–H groups in total. The van der Waals surface area contributed by atoms with Crippen molar-refractivity contribution in [2.24, 2.45) is 23.2 Å².